The molecule has 0 aliphatic carbocycles. The van der Waals surface area contributed by atoms with Crippen molar-refractivity contribution >= 4 is 32.2 Å². The summed E-state index contributed by atoms with van der Waals surface area (Å²) in [7, 11) is -0.197. The summed E-state index contributed by atoms with van der Waals surface area (Å²) in [5.41, 5.74) is 1.92. The van der Waals surface area contributed by atoms with Gasteiger partial charge in [0.05, 0.1) is 0 Å². The average molecular weight is 367 g/mol. The molecule has 0 bridgehead atoms. The first-order valence-corrected chi connectivity index (χ1v) is 10.1. The molecule has 3 aromatic heterocycles. The number of imidazole rings is 2. The van der Waals surface area contributed by atoms with Crippen molar-refractivity contribution in [3.63, 3.8) is 0 Å². The number of aliphatic hydroxyl groups is 1. The van der Waals surface area contributed by atoms with Crippen molar-refractivity contribution in [2.24, 2.45) is 0 Å². The second kappa shape index (κ2) is 6.28. The molecule has 0 amide bonds. The molecule has 1 saturated heterocycles. The van der Waals surface area contributed by atoms with Crippen LogP contribution in [0.5, 0.6) is 0 Å². The van der Waals surface area contributed by atoms with Crippen LogP contribution in [0.25, 0.3) is 16.8 Å². The minimum absolute atomic E-state index is 0.144. The molecule has 1 aliphatic heterocycles. The molecule has 0 radical (unpaired) electrons. The maximum absolute atomic E-state index is 10.4. The summed E-state index contributed by atoms with van der Waals surface area (Å²) in [6, 6.07) is 0. The molecule has 1 aliphatic rings. The van der Waals surface area contributed by atoms with Gasteiger partial charge in [-0.1, -0.05) is 0 Å². The molecule has 4 heterocycles. The van der Waals surface area contributed by atoms with Gasteiger partial charge in [0, 0.05) is 0 Å². The molecule has 0 aromatic carbocycles. The second-order valence-corrected chi connectivity index (χ2v) is 8.58. The Labute approximate surface area is 144 Å². The first-order chi connectivity index (χ1) is 12.0. The van der Waals surface area contributed by atoms with Crippen LogP contribution in [-0.2, 0) is 13.8 Å². The number of aromatic nitrogens is 5. The fourth-order valence-electron chi connectivity index (χ4n) is 2.93. The molecule has 134 valence electrons. The van der Waals surface area contributed by atoms with Crippen LogP contribution in [0.15, 0.2) is 25.0 Å². The molecule has 3 atom stereocenters. The van der Waals surface area contributed by atoms with E-state index < -0.39 is 20.2 Å². The van der Waals surface area contributed by atoms with Gasteiger partial charge < -0.3 is 0 Å². The SMILES string of the molecule is B[PH](O)(OC)OC[C@@H]1C[C@H](O)[C@H](n2cnc3c2ncn2ccnc32)O1. The number of rotatable bonds is 5. The number of hydrogen-bond donors (Lipinski definition) is 2. The summed E-state index contributed by atoms with van der Waals surface area (Å²) in [6.45, 7) is 0.144. The topological polar surface area (TPSA) is 116 Å². The minimum atomic E-state index is -3.13. The number of nitrogens with zero attached hydrogens (tertiary/aromatic N) is 5. The Morgan fingerprint density at radius 2 is 2.20 bits per heavy atom. The van der Waals surface area contributed by atoms with Crippen molar-refractivity contribution in [1.82, 2.24) is 23.9 Å². The standard InChI is InChI=1S/C13H19BN5O5P/c1-22-25(14,21)23-5-8-4-9(20)13(24-8)19-7-16-10-11-15-2-3-18(11)6-17-12(10)19/h2-3,6-9,13,20-21,25H,4-5,14H2,1H3/t8-,9-,13+/m0/s1. The zero-order valence-corrected chi connectivity index (χ0v) is 14.8. The van der Waals surface area contributed by atoms with Gasteiger partial charge in [-0.25, -0.2) is 0 Å². The summed E-state index contributed by atoms with van der Waals surface area (Å²) in [5, 5.41) is 10.4. The fourth-order valence-corrected chi connectivity index (χ4v) is 3.54. The van der Waals surface area contributed by atoms with Gasteiger partial charge in [-0.15, -0.1) is 0 Å². The number of ether oxygens (including phenoxy) is 1. The van der Waals surface area contributed by atoms with E-state index in [1.54, 1.807) is 34.0 Å². The third kappa shape index (κ3) is 3.03. The van der Waals surface area contributed by atoms with E-state index in [1.807, 2.05) is 0 Å². The molecule has 3 aromatic rings. The van der Waals surface area contributed by atoms with Gasteiger partial charge in [-0.05, 0) is 0 Å². The van der Waals surface area contributed by atoms with Gasteiger partial charge in [0.25, 0.3) is 0 Å². The summed E-state index contributed by atoms with van der Waals surface area (Å²) >= 11 is 0. The van der Waals surface area contributed by atoms with E-state index in [9.17, 15) is 10.00 Å². The normalized spacial score (nSPS) is 25.2. The van der Waals surface area contributed by atoms with Crippen LogP contribution in [0.2, 0.25) is 0 Å². The van der Waals surface area contributed by atoms with Crippen LogP contribution < -0.4 is 0 Å². The van der Waals surface area contributed by atoms with E-state index in [0.29, 0.717) is 23.2 Å². The van der Waals surface area contributed by atoms with Crippen LogP contribution in [0, 0.1) is 0 Å². The van der Waals surface area contributed by atoms with Gasteiger partial charge in [0.2, 0.25) is 0 Å². The van der Waals surface area contributed by atoms with Crippen LogP contribution >= 0.6 is 7.82 Å². The van der Waals surface area contributed by atoms with E-state index in [4.69, 9.17) is 13.8 Å². The van der Waals surface area contributed by atoms with Crippen molar-refractivity contribution in [1.29, 1.82) is 0 Å². The Morgan fingerprint density at radius 1 is 1.36 bits per heavy atom. The Balaban J connectivity index is 1.57. The van der Waals surface area contributed by atoms with Gasteiger partial charge >= 0.3 is 144 Å². The van der Waals surface area contributed by atoms with Crippen molar-refractivity contribution < 1.29 is 23.8 Å². The maximum atomic E-state index is 10.4. The summed E-state index contributed by atoms with van der Waals surface area (Å²) < 4.78 is 19.7. The summed E-state index contributed by atoms with van der Waals surface area (Å²) in [6.07, 6.45) is 5.35. The Kier molecular flexibility index (Phi) is 4.23. The number of fused-ring (bicyclic) bond motifs is 3. The monoisotopic (exact) mass is 367 g/mol. The molecular weight excluding hydrogens is 348 g/mol. The van der Waals surface area contributed by atoms with Crippen LogP contribution in [0.4, 0.5) is 0 Å². The van der Waals surface area contributed by atoms with Crippen LogP contribution in [0.1, 0.15) is 12.6 Å². The molecule has 2 N–H and O–H groups in total. The molecule has 4 rings (SSSR count). The first kappa shape index (κ1) is 16.8. The quantitative estimate of drug-likeness (QED) is 0.455. The predicted molar refractivity (Wildman–Crippen MR) is 92.9 cm³/mol. The van der Waals surface area contributed by atoms with E-state index in [-0.39, 0.29) is 12.7 Å². The van der Waals surface area contributed by atoms with E-state index >= 15 is 0 Å². The van der Waals surface area contributed by atoms with E-state index in [2.05, 4.69) is 15.0 Å². The molecule has 12 heteroatoms. The number of aliphatic hydroxyl groups excluding tert-OH is 1. The Hall–Kier alpha value is -1.62. The zero-order valence-electron chi connectivity index (χ0n) is 13.8. The van der Waals surface area contributed by atoms with Gasteiger partial charge in [-0.2, -0.15) is 0 Å². The third-order valence-corrected chi connectivity index (χ3v) is 5.77. The van der Waals surface area contributed by atoms with Gasteiger partial charge in [-0.3, -0.25) is 0 Å². The molecule has 0 spiro atoms. The van der Waals surface area contributed by atoms with Crippen molar-refractivity contribution in [2.45, 2.75) is 24.9 Å². The molecule has 0 saturated carbocycles. The Morgan fingerprint density at radius 3 is 3.00 bits per heavy atom. The van der Waals surface area contributed by atoms with Crippen molar-refractivity contribution in [2.75, 3.05) is 13.7 Å². The van der Waals surface area contributed by atoms with Crippen LogP contribution in [-0.4, -0.2) is 67.4 Å². The second-order valence-electron chi connectivity index (χ2n) is 6.09. The molecule has 1 fully saturated rings. The zero-order chi connectivity index (χ0) is 17.6. The number of hydrogen-bond acceptors (Lipinski definition) is 8. The van der Waals surface area contributed by atoms with Gasteiger partial charge in [0.15, 0.2) is 0 Å². The summed E-state index contributed by atoms with van der Waals surface area (Å²) in [4.78, 5) is 22.9. The van der Waals surface area contributed by atoms with Crippen LogP contribution in [0.3, 0.4) is 0 Å². The molecule has 10 nitrogen and oxygen atoms in total. The Bertz CT molecular complexity index is 901. The molecule has 25 heavy (non-hydrogen) atoms. The fraction of sp³-hybridized carbons (Fsp3) is 0.462. The molecular formula is C13H19BN5O5P. The van der Waals surface area contributed by atoms with Crippen molar-refractivity contribution in [3.05, 3.63) is 25.0 Å². The average Bonchev–Trinajstić information content (AvgIpc) is 3.29. The molecule has 0 unspecified atom stereocenters. The van der Waals surface area contributed by atoms with Crippen molar-refractivity contribution in [3.8, 4) is 0 Å². The first-order valence-electron chi connectivity index (χ1n) is 7.88. The third-order valence-electron chi connectivity index (χ3n) is 4.31. The van der Waals surface area contributed by atoms with E-state index in [0.717, 1.165) is 0 Å². The predicted octanol–water partition coefficient (Wildman–Crippen LogP) is -0.574. The van der Waals surface area contributed by atoms with Gasteiger partial charge in [0.1, 0.15) is 0 Å². The van der Waals surface area contributed by atoms with E-state index in [1.165, 1.54) is 14.7 Å². The summed E-state index contributed by atoms with van der Waals surface area (Å²) in [5.74, 6) is 0.